The van der Waals surface area contributed by atoms with Gasteiger partial charge in [-0.25, -0.2) is 18.1 Å². The van der Waals surface area contributed by atoms with Crippen LogP contribution in [-0.4, -0.2) is 18.6 Å². The molecule has 2 heterocycles. The Balaban J connectivity index is 2.24. The number of sulfonamides is 1. The maximum atomic E-state index is 12.3. The molecule has 2 aromatic rings. The molecule has 0 fully saturated rings. The molecule has 0 aliphatic carbocycles. The van der Waals surface area contributed by atoms with Crippen molar-refractivity contribution in [2.75, 3.05) is 0 Å². The van der Waals surface area contributed by atoms with Crippen LogP contribution in [0.3, 0.4) is 0 Å². The van der Waals surface area contributed by atoms with Crippen molar-refractivity contribution in [3.8, 4) is 0 Å². The number of aryl methyl sites for hydroxylation is 2. The van der Waals surface area contributed by atoms with Gasteiger partial charge in [0.25, 0.3) is 10.0 Å². The molecule has 0 aliphatic heterocycles. The minimum absolute atomic E-state index is 0.0432. The van der Waals surface area contributed by atoms with Gasteiger partial charge >= 0.3 is 0 Å². The van der Waals surface area contributed by atoms with E-state index in [9.17, 15) is 8.42 Å². The van der Waals surface area contributed by atoms with Crippen molar-refractivity contribution in [2.24, 2.45) is 5.73 Å². The van der Waals surface area contributed by atoms with Gasteiger partial charge in [-0.2, -0.15) is 0 Å². The van der Waals surface area contributed by atoms with E-state index in [2.05, 4.69) is 14.9 Å². The molecule has 0 radical (unpaired) electrons. The number of pyridine rings is 1. The van der Waals surface area contributed by atoms with Crippen LogP contribution < -0.4 is 10.5 Å². The normalized spacial score (nSPS) is 13.3. The second-order valence-electron chi connectivity index (χ2n) is 4.79. The number of nitrogens with one attached hydrogen (secondary N) is 1. The lowest BCUT2D eigenvalue weighted by molar-refractivity contribution is 0.391. The van der Waals surface area contributed by atoms with Gasteiger partial charge in [-0.05, 0) is 32.4 Å². The van der Waals surface area contributed by atoms with Crippen LogP contribution in [0.4, 0.5) is 0 Å². The number of nitrogens with zero attached hydrogens (tertiary/aromatic N) is 2. The average Bonchev–Trinajstić information content (AvgIpc) is 2.77. The molecule has 2 rings (SSSR count). The zero-order chi connectivity index (χ0) is 15.6. The summed E-state index contributed by atoms with van der Waals surface area (Å²) in [6.07, 6.45) is 1.45. The van der Waals surface area contributed by atoms with Gasteiger partial charge in [0.2, 0.25) is 0 Å². The molecule has 0 aliphatic rings. The van der Waals surface area contributed by atoms with Gasteiger partial charge in [0.1, 0.15) is 5.76 Å². The number of hydrogen-bond acceptors (Lipinski definition) is 6. The number of aromatic nitrogens is 2. The second kappa shape index (κ2) is 5.92. The molecule has 8 heteroatoms. The van der Waals surface area contributed by atoms with Gasteiger partial charge < -0.3 is 10.3 Å². The van der Waals surface area contributed by atoms with Crippen LogP contribution in [0.2, 0.25) is 0 Å². The largest absolute Gasteiger partial charge is 0.361 e. The molecule has 1 atom stereocenters. The lowest BCUT2D eigenvalue weighted by Crippen LogP contribution is -2.28. The second-order valence-corrected chi connectivity index (χ2v) is 6.45. The number of nitrogens with two attached hydrogens (primary N) is 1. The number of rotatable bonds is 5. The molecule has 0 spiro atoms. The SMILES string of the molecule is Cc1noc(C)c1C(C)NS(=O)(=O)c1ccc(CN)cn1. The van der Waals surface area contributed by atoms with E-state index in [-0.39, 0.29) is 5.03 Å². The Bertz CT molecular complexity index is 703. The highest BCUT2D eigenvalue weighted by Crippen LogP contribution is 2.22. The van der Waals surface area contributed by atoms with Crippen molar-refractivity contribution >= 4 is 10.0 Å². The van der Waals surface area contributed by atoms with E-state index in [1.165, 1.54) is 12.3 Å². The third-order valence-electron chi connectivity index (χ3n) is 3.16. The zero-order valence-electron chi connectivity index (χ0n) is 12.1. The molecular weight excluding hydrogens is 292 g/mol. The Hall–Kier alpha value is -1.77. The molecule has 0 saturated heterocycles. The molecule has 0 aromatic carbocycles. The molecular formula is C13H18N4O3S. The van der Waals surface area contributed by atoms with E-state index in [0.29, 0.717) is 18.0 Å². The third-order valence-corrected chi connectivity index (χ3v) is 4.62. The first-order chi connectivity index (χ1) is 9.85. The van der Waals surface area contributed by atoms with E-state index in [4.69, 9.17) is 10.3 Å². The van der Waals surface area contributed by atoms with E-state index >= 15 is 0 Å². The molecule has 2 aromatic heterocycles. The number of hydrogen-bond donors (Lipinski definition) is 2. The van der Waals surface area contributed by atoms with Crippen LogP contribution in [0.25, 0.3) is 0 Å². The lowest BCUT2D eigenvalue weighted by atomic mass is 10.1. The molecule has 114 valence electrons. The van der Waals surface area contributed by atoms with Crippen molar-refractivity contribution in [3.05, 3.63) is 40.9 Å². The summed E-state index contributed by atoms with van der Waals surface area (Å²) >= 11 is 0. The van der Waals surface area contributed by atoms with Crippen molar-refractivity contribution in [3.63, 3.8) is 0 Å². The third kappa shape index (κ3) is 3.29. The highest BCUT2D eigenvalue weighted by molar-refractivity contribution is 7.89. The fourth-order valence-corrected chi connectivity index (χ4v) is 3.29. The Kier molecular flexibility index (Phi) is 4.40. The smallest absolute Gasteiger partial charge is 0.258 e. The van der Waals surface area contributed by atoms with Crippen molar-refractivity contribution in [2.45, 2.75) is 38.4 Å². The predicted molar refractivity (Wildman–Crippen MR) is 76.8 cm³/mol. The zero-order valence-corrected chi connectivity index (χ0v) is 12.9. The van der Waals surface area contributed by atoms with E-state index in [1.807, 2.05) is 0 Å². The lowest BCUT2D eigenvalue weighted by Gasteiger charge is -2.13. The Labute approximate surface area is 123 Å². The molecule has 7 nitrogen and oxygen atoms in total. The van der Waals surface area contributed by atoms with Crippen molar-refractivity contribution in [1.29, 1.82) is 0 Å². The molecule has 0 saturated carbocycles. The predicted octanol–water partition coefficient (Wildman–Crippen LogP) is 1.18. The minimum Gasteiger partial charge on any atom is -0.361 e. The Morgan fingerprint density at radius 1 is 1.38 bits per heavy atom. The average molecular weight is 310 g/mol. The summed E-state index contributed by atoms with van der Waals surface area (Å²) in [5.41, 5.74) is 7.63. The summed E-state index contributed by atoms with van der Waals surface area (Å²) in [5, 5.41) is 3.78. The summed E-state index contributed by atoms with van der Waals surface area (Å²) in [7, 11) is -3.72. The summed E-state index contributed by atoms with van der Waals surface area (Å²) in [6, 6.07) is 2.62. The Morgan fingerprint density at radius 3 is 2.57 bits per heavy atom. The summed E-state index contributed by atoms with van der Waals surface area (Å²) < 4.78 is 32.2. The molecule has 3 N–H and O–H groups in total. The fraction of sp³-hybridized carbons (Fsp3) is 0.385. The van der Waals surface area contributed by atoms with Crippen LogP contribution in [-0.2, 0) is 16.6 Å². The summed E-state index contributed by atoms with van der Waals surface area (Å²) in [6.45, 7) is 5.56. The molecule has 21 heavy (non-hydrogen) atoms. The van der Waals surface area contributed by atoms with Crippen LogP contribution in [0.15, 0.2) is 27.9 Å². The maximum absolute atomic E-state index is 12.3. The van der Waals surface area contributed by atoms with Crippen molar-refractivity contribution in [1.82, 2.24) is 14.9 Å². The highest BCUT2D eigenvalue weighted by atomic mass is 32.2. The summed E-state index contributed by atoms with van der Waals surface area (Å²) in [4.78, 5) is 3.93. The van der Waals surface area contributed by atoms with Gasteiger partial charge in [-0.15, -0.1) is 0 Å². The first-order valence-corrected chi connectivity index (χ1v) is 7.93. The van der Waals surface area contributed by atoms with Gasteiger partial charge in [-0.1, -0.05) is 11.2 Å². The molecule has 0 amide bonds. The van der Waals surface area contributed by atoms with E-state index in [0.717, 1.165) is 11.1 Å². The van der Waals surface area contributed by atoms with Crippen LogP contribution in [0.5, 0.6) is 0 Å². The van der Waals surface area contributed by atoms with Gasteiger partial charge in [0.05, 0.1) is 5.69 Å². The maximum Gasteiger partial charge on any atom is 0.258 e. The minimum atomic E-state index is -3.72. The Morgan fingerprint density at radius 2 is 2.10 bits per heavy atom. The first kappa shape index (κ1) is 15.6. The van der Waals surface area contributed by atoms with Crippen LogP contribution in [0, 0.1) is 13.8 Å². The van der Waals surface area contributed by atoms with E-state index < -0.39 is 16.1 Å². The molecule has 1 unspecified atom stereocenters. The standard InChI is InChI=1S/C13H18N4O3S/c1-8-13(10(3)20-16-8)9(2)17-21(18,19)12-5-4-11(6-14)7-15-12/h4-5,7,9,17H,6,14H2,1-3H3. The van der Waals surface area contributed by atoms with E-state index in [1.54, 1.807) is 26.8 Å². The fourth-order valence-electron chi connectivity index (χ4n) is 2.15. The van der Waals surface area contributed by atoms with Crippen molar-refractivity contribution < 1.29 is 12.9 Å². The highest BCUT2D eigenvalue weighted by Gasteiger charge is 2.23. The van der Waals surface area contributed by atoms with Gasteiger partial charge in [0, 0.05) is 24.3 Å². The quantitative estimate of drug-likeness (QED) is 0.858. The molecule has 0 bridgehead atoms. The topological polar surface area (TPSA) is 111 Å². The van der Waals surface area contributed by atoms with Crippen LogP contribution >= 0.6 is 0 Å². The monoisotopic (exact) mass is 310 g/mol. The van der Waals surface area contributed by atoms with Gasteiger partial charge in [0.15, 0.2) is 5.03 Å². The van der Waals surface area contributed by atoms with Gasteiger partial charge in [-0.3, -0.25) is 0 Å². The van der Waals surface area contributed by atoms with Crippen LogP contribution in [0.1, 0.15) is 35.5 Å². The first-order valence-electron chi connectivity index (χ1n) is 6.45. The summed E-state index contributed by atoms with van der Waals surface area (Å²) in [5.74, 6) is 0.592.